The van der Waals surface area contributed by atoms with E-state index in [2.05, 4.69) is 5.92 Å². The van der Waals surface area contributed by atoms with Crippen molar-refractivity contribution in [2.45, 2.75) is 17.7 Å². The summed E-state index contributed by atoms with van der Waals surface area (Å²) >= 11 is 5.83. The van der Waals surface area contributed by atoms with Gasteiger partial charge in [-0.15, -0.1) is 6.42 Å². The maximum absolute atomic E-state index is 13.3. The molecule has 0 heterocycles. The Morgan fingerprint density at radius 1 is 1.50 bits per heavy atom. The molecule has 1 aromatic rings. The van der Waals surface area contributed by atoms with Crippen molar-refractivity contribution in [2.24, 2.45) is 5.92 Å². The van der Waals surface area contributed by atoms with Crippen molar-refractivity contribution in [2.75, 3.05) is 18.8 Å². The van der Waals surface area contributed by atoms with Gasteiger partial charge in [0, 0.05) is 6.54 Å². The smallest absolute Gasteiger partial charge is 0.245 e. The molecule has 0 spiro atoms. The van der Waals surface area contributed by atoms with Crippen LogP contribution in [0.1, 0.15) is 12.8 Å². The quantitative estimate of drug-likeness (QED) is 0.668. The van der Waals surface area contributed by atoms with Crippen LogP contribution in [-0.4, -0.2) is 25.8 Å². The predicted molar refractivity (Wildman–Crippen MR) is 76.1 cm³/mol. The van der Waals surface area contributed by atoms with E-state index >= 15 is 0 Å². The summed E-state index contributed by atoms with van der Waals surface area (Å²) in [4.78, 5) is -0.214. The molecule has 0 aromatic heterocycles. The fourth-order valence-corrected chi connectivity index (χ4v) is 3.77. The molecule has 0 aliphatic heterocycles. The van der Waals surface area contributed by atoms with E-state index in [1.54, 1.807) is 0 Å². The minimum absolute atomic E-state index is 0.0492. The molecular weight excluding hydrogens is 303 g/mol. The molecule has 1 saturated carbocycles. The van der Waals surface area contributed by atoms with Crippen LogP contribution in [0.5, 0.6) is 0 Å². The molecule has 0 bridgehead atoms. The van der Waals surface area contributed by atoms with E-state index in [9.17, 15) is 12.8 Å². The highest BCUT2D eigenvalue weighted by Gasteiger charge is 2.32. The van der Waals surface area contributed by atoms with Crippen LogP contribution < -0.4 is 5.73 Å². The largest absolute Gasteiger partial charge is 0.396 e. The molecule has 1 aliphatic carbocycles. The Bertz CT molecular complexity index is 666. The number of halogens is 2. The van der Waals surface area contributed by atoms with Gasteiger partial charge in [0.25, 0.3) is 0 Å². The normalized spacial score (nSPS) is 15.3. The summed E-state index contributed by atoms with van der Waals surface area (Å²) < 4.78 is 39.5. The van der Waals surface area contributed by atoms with E-state index in [1.165, 1.54) is 4.31 Å². The molecule has 0 radical (unpaired) electrons. The highest BCUT2D eigenvalue weighted by atomic mass is 35.5. The highest BCUT2D eigenvalue weighted by molar-refractivity contribution is 7.89. The third kappa shape index (κ3) is 3.06. The van der Waals surface area contributed by atoms with E-state index in [-0.39, 0.29) is 22.2 Å². The van der Waals surface area contributed by atoms with Crippen molar-refractivity contribution >= 4 is 27.3 Å². The molecule has 0 saturated heterocycles. The average Bonchev–Trinajstić information content (AvgIpc) is 3.17. The van der Waals surface area contributed by atoms with Gasteiger partial charge in [-0.25, -0.2) is 12.8 Å². The second kappa shape index (κ2) is 5.60. The van der Waals surface area contributed by atoms with Crippen molar-refractivity contribution in [1.82, 2.24) is 4.31 Å². The highest BCUT2D eigenvalue weighted by Crippen LogP contribution is 2.33. The third-order valence-corrected chi connectivity index (χ3v) is 5.37. The van der Waals surface area contributed by atoms with Gasteiger partial charge in [0.15, 0.2) is 0 Å². The number of hydrogen-bond donors (Lipinski definition) is 1. The summed E-state index contributed by atoms with van der Waals surface area (Å²) in [6, 6.07) is 1.93. The fourth-order valence-electron chi connectivity index (χ4n) is 1.82. The van der Waals surface area contributed by atoms with Gasteiger partial charge >= 0.3 is 0 Å². The summed E-state index contributed by atoms with van der Waals surface area (Å²) in [5, 5.41) is -0.200. The lowest BCUT2D eigenvalue weighted by Crippen LogP contribution is -2.33. The molecule has 2 N–H and O–H groups in total. The molecule has 108 valence electrons. The molecular formula is C13H14ClFN2O2S. The van der Waals surface area contributed by atoms with E-state index in [1.807, 2.05) is 0 Å². The third-order valence-electron chi connectivity index (χ3n) is 3.10. The Morgan fingerprint density at radius 3 is 2.70 bits per heavy atom. The lowest BCUT2D eigenvalue weighted by molar-refractivity contribution is 0.430. The zero-order valence-electron chi connectivity index (χ0n) is 10.6. The van der Waals surface area contributed by atoms with Crippen molar-refractivity contribution in [3.05, 3.63) is 23.0 Å². The summed E-state index contributed by atoms with van der Waals surface area (Å²) in [5.41, 5.74) is 5.15. The van der Waals surface area contributed by atoms with Crippen LogP contribution in [0, 0.1) is 24.1 Å². The van der Waals surface area contributed by atoms with Crippen molar-refractivity contribution in [3.8, 4) is 12.3 Å². The lowest BCUT2D eigenvalue weighted by atomic mass is 10.3. The van der Waals surface area contributed by atoms with Crippen molar-refractivity contribution in [3.63, 3.8) is 0 Å². The molecule has 0 amide bonds. The fraction of sp³-hybridized carbons (Fsp3) is 0.385. The van der Waals surface area contributed by atoms with E-state index < -0.39 is 15.8 Å². The Morgan fingerprint density at radius 2 is 2.15 bits per heavy atom. The molecule has 1 fully saturated rings. The van der Waals surface area contributed by atoms with Gasteiger partial charge in [-0.1, -0.05) is 17.5 Å². The van der Waals surface area contributed by atoms with Gasteiger partial charge in [0.05, 0.1) is 17.3 Å². The van der Waals surface area contributed by atoms with Crippen LogP contribution in [-0.2, 0) is 10.0 Å². The molecule has 0 unspecified atom stereocenters. The van der Waals surface area contributed by atoms with E-state index in [4.69, 9.17) is 23.8 Å². The molecule has 7 heteroatoms. The minimum atomic E-state index is -3.88. The van der Waals surface area contributed by atoms with Gasteiger partial charge in [0.1, 0.15) is 10.7 Å². The zero-order valence-corrected chi connectivity index (χ0v) is 12.2. The number of nitrogens with two attached hydrogens (primary N) is 1. The number of terminal acetylenes is 1. The number of nitrogens with zero attached hydrogens (tertiary/aromatic N) is 1. The first kappa shape index (κ1) is 15.1. The minimum Gasteiger partial charge on any atom is -0.396 e. The van der Waals surface area contributed by atoms with E-state index in [0.29, 0.717) is 12.5 Å². The van der Waals surface area contributed by atoms with Crippen LogP contribution in [0.25, 0.3) is 0 Å². The summed E-state index contributed by atoms with van der Waals surface area (Å²) in [6.07, 6.45) is 7.18. The van der Waals surface area contributed by atoms with Crippen LogP contribution in [0.3, 0.4) is 0 Å². The first-order valence-corrected chi connectivity index (χ1v) is 7.86. The summed E-state index contributed by atoms with van der Waals surface area (Å²) in [6.45, 7) is 0.298. The Kier molecular flexibility index (Phi) is 4.23. The second-order valence-electron chi connectivity index (χ2n) is 4.75. The predicted octanol–water partition coefficient (Wildman–Crippen LogP) is 2.10. The zero-order chi connectivity index (χ0) is 14.9. The van der Waals surface area contributed by atoms with Gasteiger partial charge in [-0.3, -0.25) is 0 Å². The SMILES string of the molecule is C#CCN(CC1CC1)S(=O)(=O)c1cc(N)c(F)cc1Cl. The van der Waals surface area contributed by atoms with Crippen LogP contribution in [0.2, 0.25) is 5.02 Å². The van der Waals surface area contributed by atoms with Gasteiger partial charge in [0.2, 0.25) is 10.0 Å². The number of nitrogen functional groups attached to an aromatic ring is 1. The number of sulfonamides is 1. The van der Waals surface area contributed by atoms with Gasteiger partial charge in [-0.2, -0.15) is 4.31 Å². The van der Waals surface area contributed by atoms with Crippen LogP contribution in [0.15, 0.2) is 17.0 Å². The van der Waals surface area contributed by atoms with Crippen molar-refractivity contribution < 1.29 is 12.8 Å². The first-order valence-electron chi connectivity index (χ1n) is 6.04. The Hall–Kier alpha value is -1.29. The molecule has 1 aliphatic rings. The number of hydrogen-bond acceptors (Lipinski definition) is 3. The Balaban J connectivity index is 2.41. The number of benzene rings is 1. The molecule has 4 nitrogen and oxygen atoms in total. The van der Waals surface area contributed by atoms with Gasteiger partial charge < -0.3 is 5.73 Å². The van der Waals surface area contributed by atoms with Crippen LogP contribution >= 0.6 is 11.6 Å². The second-order valence-corrected chi connectivity index (χ2v) is 7.06. The summed E-state index contributed by atoms with van der Waals surface area (Å²) in [5.74, 6) is 1.90. The average molecular weight is 317 g/mol. The number of anilines is 1. The molecule has 0 atom stereocenters. The molecule has 20 heavy (non-hydrogen) atoms. The standard InChI is InChI=1S/C13H14ClFN2O2S/c1-2-5-17(8-9-3-4-9)20(18,19)13-7-12(16)11(15)6-10(13)14/h1,6-7,9H,3-5,8,16H2. The summed E-state index contributed by atoms with van der Waals surface area (Å²) in [7, 11) is -3.88. The van der Waals surface area contributed by atoms with E-state index in [0.717, 1.165) is 25.0 Å². The van der Waals surface area contributed by atoms with Crippen LogP contribution in [0.4, 0.5) is 10.1 Å². The monoisotopic (exact) mass is 316 g/mol. The lowest BCUT2D eigenvalue weighted by Gasteiger charge is -2.20. The Labute approximate surface area is 122 Å². The maximum Gasteiger partial charge on any atom is 0.245 e. The first-order chi connectivity index (χ1) is 9.36. The maximum atomic E-state index is 13.3. The topological polar surface area (TPSA) is 63.4 Å². The van der Waals surface area contributed by atoms with Crippen molar-refractivity contribution in [1.29, 1.82) is 0 Å². The number of rotatable bonds is 5. The molecule has 1 aromatic carbocycles. The molecule has 2 rings (SSSR count). The van der Waals surface area contributed by atoms with Gasteiger partial charge in [-0.05, 0) is 30.9 Å².